The molecule has 0 N–H and O–H groups in total. The summed E-state index contributed by atoms with van der Waals surface area (Å²) in [5.74, 6) is 0.910. The van der Waals surface area contributed by atoms with Gasteiger partial charge in [0.2, 0.25) is 21.7 Å². The Hall–Kier alpha value is -2.98. The van der Waals surface area contributed by atoms with Crippen molar-refractivity contribution in [1.82, 2.24) is 9.21 Å². The van der Waals surface area contributed by atoms with Gasteiger partial charge < -0.3 is 19.1 Å². The molecule has 1 amide bonds. The van der Waals surface area contributed by atoms with Gasteiger partial charge in [-0.3, -0.25) is 4.79 Å². The molecule has 3 aromatic rings. The summed E-state index contributed by atoms with van der Waals surface area (Å²) < 4.78 is 44.2. The van der Waals surface area contributed by atoms with Gasteiger partial charge in [0, 0.05) is 30.2 Å². The van der Waals surface area contributed by atoms with E-state index in [-0.39, 0.29) is 18.0 Å². The molecule has 0 fully saturated rings. The summed E-state index contributed by atoms with van der Waals surface area (Å²) in [6, 6.07) is 16.2. The highest BCUT2D eigenvalue weighted by atomic mass is 35.5. The van der Waals surface area contributed by atoms with Crippen LogP contribution in [0.2, 0.25) is 10.0 Å². The van der Waals surface area contributed by atoms with Gasteiger partial charge in [0.25, 0.3) is 0 Å². The van der Waals surface area contributed by atoms with E-state index in [0.29, 0.717) is 38.4 Å². The van der Waals surface area contributed by atoms with Crippen LogP contribution < -0.4 is 14.2 Å². The lowest BCUT2D eigenvalue weighted by Crippen LogP contribution is -2.41. The second-order valence-corrected chi connectivity index (χ2v) is 10.9. The van der Waals surface area contributed by atoms with E-state index in [0.717, 1.165) is 4.31 Å². The molecule has 3 rings (SSSR count). The Morgan fingerprint density at radius 1 is 0.865 bits per heavy atom. The van der Waals surface area contributed by atoms with E-state index in [4.69, 9.17) is 37.4 Å². The van der Waals surface area contributed by atoms with Gasteiger partial charge in [-0.15, -0.1) is 0 Å². The molecule has 0 saturated heterocycles. The number of sulfonamides is 1. The number of ether oxygens (including phenoxy) is 3. The van der Waals surface area contributed by atoms with Crippen molar-refractivity contribution in [2.24, 2.45) is 0 Å². The third-order valence-electron chi connectivity index (χ3n) is 5.62. The molecule has 0 bridgehead atoms. The molecule has 198 valence electrons. The van der Waals surface area contributed by atoms with Crippen LogP contribution in [0.3, 0.4) is 0 Å². The van der Waals surface area contributed by atoms with Gasteiger partial charge in [-0.1, -0.05) is 47.5 Å². The molecule has 37 heavy (non-hydrogen) atoms. The van der Waals surface area contributed by atoms with Crippen molar-refractivity contribution in [3.05, 3.63) is 81.8 Å². The van der Waals surface area contributed by atoms with Crippen LogP contribution in [0.4, 0.5) is 0 Å². The lowest BCUT2D eigenvalue weighted by Gasteiger charge is -2.26. The molecule has 0 aliphatic rings. The highest BCUT2D eigenvalue weighted by molar-refractivity contribution is 7.89. The number of nitrogens with zero attached hydrogens (tertiary/aromatic N) is 2. The number of benzene rings is 3. The maximum atomic E-state index is 13.5. The summed E-state index contributed by atoms with van der Waals surface area (Å²) in [5.41, 5.74) is 1.23. The zero-order chi connectivity index (χ0) is 27.2. The van der Waals surface area contributed by atoms with E-state index >= 15 is 0 Å². The smallest absolute Gasteiger partial charge is 0.243 e. The summed E-state index contributed by atoms with van der Waals surface area (Å²) in [4.78, 5) is 14.8. The van der Waals surface area contributed by atoms with E-state index < -0.39 is 22.5 Å². The van der Waals surface area contributed by atoms with Crippen molar-refractivity contribution in [2.45, 2.75) is 18.0 Å². The number of halogens is 2. The van der Waals surface area contributed by atoms with Crippen LogP contribution >= 0.6 is 23.2 Å². The fourth-order valence-electron chi connectivity index (χ4n) is 3.67. The molecule has 0 aliphatic carbocycles. The van der Waals surface area contributed by atoms with Gasteiger partial charge in [-0.05, 0) is 47.5 Å². The summed E-state index contributed by atoms with van der Waals surface area (Å²) in [6.07, 6.45) is 0. The van der Waals surface area contributed by atoms with E-state index in [2.05, 4.69) is 0 Å². The minimum atomic E-state index is -4.02. The first kappa shape index (κ1) is 28.6. The molecular formula is C26H28Cl2N2O6S. The second-order valence-electron chi connectivity index (χ2n) is 8.11. The maximum Gasteiger partial charge on any atom is 0.243 e. The SMILES string of the molecule is COc1cc(CN(C)C(=O)CN(Cc2ccc(Cl)cc2Cl)S(=O)(=O)c2ccccc2)cc(OC)c1OC. The average molecular weight is 567 g/mol. The Kier molecular flexibility index (Phi) is 9.67. The first-order valence-corrected chi connectivity index (χ1v) is 13.3. The minimum Gasteiger partial charge on any atom is -0.493 e. The molecule has 0 saturated carbocycles. The quantitative estimate of drug-likeness (QED) is 0.329. The molecule has 0 heterocycles. The number of rotatable bonds is 11. The first-order chi connectivity index (χ1) is 17.6. The molecule has 0 aliphatic heterocycles. The molecule has 0 radical (unpaired) electrons. The largest absolute Gasteiger partial charge is 0.493 e. The Morgan fingerprint density at radius 3 is 2.03 bits per heavy atom. The molecule has 11 heteroatoms. The normalized spacial score (nSPS) is 11.3. The maximum absolute atomic E-state index is 13.5. The number of carbonyl (C=O) groups is 1. The van der Waals surface area contributed by atoms with Gasteiger partial charge in [0.05, 0.1) is 32.8 Å². The van der Waals surface area contributed by atoms with Crippen LogP contribution in [-0.4, -0.2) is 58.5 Å². The first-order valence-electron chi connectivity index (χ1n) is 11.1. The summed E-state index contributed by atoms with van der Waals surface area (Å²) in [5, 5.41) is 0.728. The Morgan fingerprint density at radius 2 is 1.49 bits per heavy atom. The zero-order valence-corrected chi connectivity index (χ0v) is 23.2. The van der Waals surface area contributed by atoms with Gasteiger partial charge in [0.1, 0.15) is 0 Å². The Balaban J connectivity index is 1.88. The van der Waals surface area contributed by atoms with Crippen LogP contribution in [-0.2, 0) is 27.9 Å². The van der Waals surface area contributed by atoms with Crippen molar-refractivity contribution in [3.63, 3.8) is 0 Å². The summed E-state index contributed by atoms with van der Waals surface area (Å²) in [7, 11) is 2.08. The van der Waals surface area contributed by atoms with Crippen molar-refractivity contribution < 1.29 is 27.4 Å². The molecule has 0 spiro atoms. The van der Waals surface area contributed by atoms with Crippen molar-refractivity contribution in [1.29, 1.82) is 0 Å². The second kappa shape index (κ2) is 12.5. The lowest BCUT2D eigenvalue weighted by molar-refractivity contribution is -0.130. The fraction of sp³-hybridized carbons (Fsp3) is 0.269. The number of carbonyl (C=O) groups excluding carboxylic acids is 1. The third-order valence-corrected chi connectivity index (χ3v) is 8.02. The van der Waals surface area contributed by atoms with Crippen LogP contribution in [0, 0.1) is 0 Å². The predicted molar refractivity (Wildman–Crippen MR) is 143 cm³/mol. The highest BCUT2D eigenvalue weighted by Gasteiger charge is 2.29. The minimum absolute atomic E-state index is 0.0696. The fourth-order valence-corrected chi connectivity index (χ4v) is 5.52. The average Bonchev–Trinajstić information content (AvgIpc) is 2.89. The van der Waals surface area contributed by atoms with Crippen molar-refractivity contribution >= 4 is 39.1 Å². The Labute approximate surface area is 227 Å². The van der Waals surface area contributed by atoms with Gasteiger partial charge in [-0.25, -0.2) is 8.42 Å². The van der Waals surface area contributed by atoms with E-state index in [1.807, 2.05) is 0 Å². The van der Waals surface area contributed by atoms with E-state index in [9.17, 15) is 13.2 Å². The van der Waals surface area contributed by atoms with Crippen LogP contribution in [0.1, 0.15) is 11.1 Å². The number of amides is 1. The van der Waals surface area contributed by atoms with E-state index in [1.165, 1.54) is 44.4 Å². The lowest BCUT2D eigenvalue weighted by atomic mass is 10.1. The standard InChI is InChI=1S/C26H28Cl2N2O6S/c1-29(15-18-12-23(34-2)26(36-4)24(13-18)35-3)25(31)17-30(16-19-10-11-20(27)14-22(19)28)37(32,33)21-8-6-5-7-9-21/h5-14H,15-17H2,1-4H3. The summed E-state index contributed by atoms with van der Waals surface area (Å²) >= 11 is 12.3. The van der Waals surface area contributed by atoms with Crippen LogP contribution in [0.5, 0.6) is 17.2 Å². The van der Waals surface area contributed by atoms with Crippen LogP contribution in [0.15, 0.2) is 65.6 Å². The summed E-state index contributed by atoms with van der Waals surface area (Å²) in [6.45, 7) is -0.343. The monoisotopic (exact) mass is 566 g/mol. The number of hydrogen-bond acceptors (Lipinski definition) is 6. The topological polar surface area (TPSA) is 85.4 Å². The molecule has 0 unspecified atom stereocenters. The van der Waals surface area contributed by atoms with Crippen molar-refractivity contribution in [3.8, 4) is 17.2 Å². The van der Waals surface area contributed by atoms with Gasteiger partial charge in [-0.2, -0.15) is 4.31 Å². The van der Waals surface area contributed by atoms with Gasteiger partial charge in [0.15, 0.2) is 11.5 Å². The number of likely N-dealkylation sites (N-methyl/N-ethyl adjacent to an activating group) is 1. The molecule has 0 atom stereocenters. The van der Waals surface area contributed by atoms with Crippen LogP contribution in [0.25, 0.3) is 0 Å². The zero-order valence-electron chi connectivity index (χ0n) is 20.9. The highest BCUT2D eigenvalue weighted by Crippen LogP contribution is 2.38. The molecule has 3 aromatic carbocycles. The molecular weight excluding hydrogens is 539 g/mol. The number of methoxy groups -OCH3 is 3. The number of hydrogen-bond donors (Lipinski definition) is 0. The van der Waals surface area contributed by atoms with Crippen molar-refractivity contribution in [2.75, 3.05) is 34.9 Å². The van der Waals surface area contributed by atoms with Gasteiger partial charge >= 0.3 is 0 Å². The molecule has 0 aromatic heterocycles. The Bertz CT molecular complexity index is 1330. The third kappa shape index (κ3) is 6.87. The predicted octanol–water partition coefficient (Wildman–Crippen LogP) is 4.87. The molecule has 8 nitrogen and oxygen atoms in total. The van der Waals surface area contributed by atoms with E-state index in [1.54, 1.807) is 49.5 Å².